The fourth-order valence-corrected chi connectivity index (χ4v) is 9.03. The standard InChI is InChI=1S/C39H47F3N8O5S/c1-23-20-47(21-24(2)48(23)22-34(52)45-26-6-13-32(44-19-26)30-12-14-33(51)46-35(30)53)15-16-55-29-10-8-27(9-11-29)50-37(56)49(36(54)38(50,3)4)28-7-5-25(18-43)31(17-28)39(40,41)42/h5-7,13,17,19,23-24,27,29-30H,8-12,14-16,20-22H2,1-4H3,(H,45,52)(H,46,51,53)/t23-,24+,27?,29?,30?. The van der Waals surface area contributed by atoms with Crippen LogP contribution in [0.15, 0.2) is 36.5 Å². The van der Waals surface area contributed by atoms with Gasteiger partial charge in [0.05, 0.1) is 65.6 Å². The Morgan fingerprint density at radius 3 is 2.38 bits per heavy atom. The van der Waals surface area contributed by atoms with Crippen molar-refractivity contribution in [2.75, 3.05) is 43.0 Å². The number of aromatic nitrogens is 1. The molecule has 3 aliphatic heterocycles. The molecule has 13 nitrogen and oxygen atoms in total. The van der Waals surface area contributed by atoms with Gasteiger partial charge in [-0.15, -0.1) is 0 Å². The summed E-state index contributed by atoms with van der Waals surface area (Å²) in [4.78, 5) is 62.1. The fourth-order valence-electron chi connectivity index (χ4n) is 8.46. The average molecular weight is 797 g/mol. The lowest BCUT2D eigenvalue weighted by atomic mass is 9.89. The van der Waals surface area contributed by atoms with E-state index in [4.69, 9.17) is 17.0 Å². The Morgan fingerprint density at radius 1 is 1.07 bits per heavy atom. The molecule has 1 aromatic carbocycles. The number of pyridine rings is 1. The van der Waals surface area contributed by atoms with Crippen LogP contribution in [0.1, 0.15) is 89.0 Å². The number of piperazine rings is 1. The molecule has 1 aromatic heterocycles. The lowest BCUT2D eigenvalue weighted by Gasteiger charge is -2.44. The van der Waals surface area contributed by atoms with Crippen molar-refractivity contribution in [3.05, 3.63) is 53.3 Å². The van der Waals surface area contributed by atoms with Crippen molar-refractivity contribution in [3.8, 4) is 6.07 Å². The monoisotopic (exact) mass is 796 g/mol. The lowest BCUT2D eigenvalue weighted by Crippen LogP contribution is -2.58. The molecule has 2 aromatic rings. The molecular weight excluding hydrogens is 750 g/mol. The molecule has 3 atom stereocenters. The van der Waals surface area contributed by atoms with Gasteiger partial charge in [0.15, 0.2) is 5.11 Å². The summed E-state index contributed by atoms with van der Waals surface area (Å²) in [6.07, 6.45) is 0.350. The first-order chi connectivity index (χ1) is 26.5. The van der Waals surface area contributed by atoms with Crippen LogP contribution in [-0.2, 0) is 30.1 Å². The molecule has 2 N–H and O–H groups in total. The van der Waals surface area contributed by atoms with Gasteiger partial charge in [0.25, 0.3) is 5.91 Å². The Bertz CT molecular complexity index is 1880. The molecule has 3 saturated heterocycles. The number of hydrogen-bond acceptors (Lipinski definition) is 10. The van der Waals surface area contributed by atoms with E-state index in [2.05, 4.69) is 39.3 Å². The predicted molar refractivity (Wildman–Crippen MR) is 204 cm³/mol. The Morgan fingerprint density at radius 2 is 1.77 bits per heavy atom. The van der Waals surface area contributed by atoms with Gasteiger partial charge in [0.2, 0.25) is 17.7 Å². The summed E-state index contributed by atoms with van der Waals surface area (Å²) >= 11 is 5.73. The first-order valence-corrected chi connectivity index (χ1v) is 19.4. The van der Waals surface area contributed by atoms with Crippen LogP contribution in [0.2, 0.25) is 0 Å². The molecule has 0 spiro atoms. The number of anilines is 2. The Labute approximate surface area is 329 Å². The molecule has 1 unspecified atom stereocenters. The number of halogens is 3. The number of amides is 4. The number of carbonyl (C=O) groups is 4. The largest absolute Gasteiger partial charge is 0.417 e. The van der Waals surface area contributed by atoms with E-state index in [1.165, 1.54) is 12.3 Å². The maximum atomic E-state index is 13.7. The number of alkyl halides is 3. The number of imide groups is 1. The normalized spacial score (nSPS) is 26.3. The van der Waals surface area contributed by atoms with Crippen LogP contribution < -0.4 is 15.5 Å². The van der Waals surface area contributed by atoms with Gasteiger partial charge in [0, 0.05) is 44.2 Å². The molecular formula is C39H47F3N8O5S. The summed E-state index contributed by atoms with van der Waals surface area (Å²) in [6.45, 7) is 10.7. The van der Waals surface area contributed by atoms with Crippen LogP contribution in [0, 0.1) is 11.3 Å². The first kappa shape index (κ1) is 41.1. The number of nitrogens with one attached hydrogen (secondary N) is 2. The summed E-state index contributed by atoms with van der Waals surface area (Å²) in [6, 6.07) is 8.35. The number of nitriles is 1. The first-order valence-electron chi connectivity index (χ1n) is 19.0. The van der Waals surface area contributed by atoms with E-state index >= 15 is 0 Å². The molecule has 300 valence electrons. The maximum Gasteiger partial charge on any atom is 0.417 e. The minimum Gasteiger partial charge on any atom is -0.377 e. The molecule has 0 bridgehead atoms. The van der Waals surface area contributed by atoms with E-state index in [9.17, 15) is 37.6 Å². The zero-order valence-corrected chi connectivity index (χ0v) is 32.7. The quantitative estimate of drug-likeness (QED) is 0.257. The van der Waals surface area contributed by atoms with E-state index in [1.807, 2.05) is 4.90 Å². The highest BCUT2D eigenvalue weighted by Crippen LogP contribution is 2.40. The van der Waals surface area contributed by atoms with Crippen molar-refractivity contribution in [2.24, 2.45) is 0 Å². The van der Waals surface area contributed by atoms with Crippen molar-refractivity contribution in [1.82, 2.24) is 25.0 Å². The van der Waals surface area contributed by atoms with Gasteiger partial charge < -0.3 is 15.0 Å². The molecule has 1 saturated carbocycles. The second-order valence-corrected chi connectivity index (χ2v) is 16.0. The highest BCUT2D eigenvalue weighted by Gasteiger charge is 2.52. The highest BCUT2D eigenvalue weighted by atomic mass is 32.1. The number of hydrogen-bond donors (Lipinski definition) is 2. The van der Waals surface area contributed by atoms with E-state index in [0.29, 0.717) is 37.3 Å². The third-order valence-corrected chi connectivity index (χ3v) is 11.7. The van der Waals surface area contributed by atoms with Crippen LogP contribution in [0.25, 0.3) is 0 Å². The average Bonchev–Trinajstić information content (AvgIpc) is 3.32. The summed E-state index contributed by atoms with van der Waals surface area (Å²) in [5.74, 6) is -1.71. The van der Waals surface area contributed by atoms with E-state index in [1.54, 1.807) is 32.0 Å². The number of nitrogens with zero attached hydrogens (tertiary/aromatic N) is 6. The van der Waals surface area contributed by atoms with Gasteiger partial charge in [-0.2, -0.15) is 18.4 Å². The van der Waals surface area contributed by atoms with Gasteiger partial charge in [-0.25, -0.2) is 0 Å². The van der Waals surface area contributed by atoms with E-state index < -0.39 is 34.7 Å². The third kappa shape index (κ3) is 8.73. The van der Waals surface area contributed by atoms with Gasteiger partial charge in [-0.1, -0.05) is 0 Å². The lowest BCUT2D eigenvalue weighted by molar-refractivity contribution is -0.138. The summed E-state index contributed by atoms with van der Waals surface area (Å²) in [7, 11) is 0. The van der Waals surface area contributed by atoms with Crippen molar-refractivity contribution in [1.29, 1.82) is 5.26 Å². The molecule has 4 aliphatic rings. The number of thiocarbonyl (C=S) groups is 1. The number of rotatable bonds is 10. The fraction of sp³-hybridized carbons (Fsp3) is 0.564. The van der Waals surface area contributed by atoms with E-state index in [0.717, 1.165) is 49.5 Å². The van der Waals surface area contributed by atoms with Gasteiger partial charge in [0.1, 0.15) is 5.54 Å². The highest BCUT2D eigenvalue weighted by molar-refractivity contribution is 7.80. The van der Waals surface area contributed by atoms with Crippen molar-refractivity contribution < 1.29 is 37.1 Å². The van der Waals surface area contributed by atoms with E-state index in [-0.39, 0.29) is 65.7 Å². The topological polar surface area (TPSA) is 151 Å². The molecule has 4 fully saturated rings. The minimum absolute atomic E-state index is 0.0140. The molecule has 0 radical (unpaired) electrons. The minimum atomic E-state index is -4.76. The SMILES string of the molecule is C[C@@H]1CN(CCOC2CCC(N3C(=S)N(c4ccc(C#N)c(C(F)(F)F)c4)C(=O)C3(C)C)CC2)C[C@H](C)N1CC(=O)Nc1ccc(C2CCC(=O)NC2=O)nc1. The van der Waals surface area contributed by atoms with Crippen LogP contribution in [0.3, 0.4) is 0 Å². The number of piperidine rings is 1. The molecule has 56 heavy (non-hydrogen) atoms. The zero-order valence-electron chi connectivity index (χ0n) is 31.9. The smallest absolute Gasteiger partial charge is 0.377 e. The Balaban J connectivity index is 0.942. The van der Waals surface area contributed by atoms with Crippen molar-refractivity contribution in [2.45, 2.75) is 108 Å². The van der Waals surface area contributed by atoms with Crippen LogP contribution >= 0.6 is 12.2 Å². The second kappa shape index (κ2) is 16.5. The molecule has 4 heterocycles. The molecule has 4 amide bonds. The summed E-state index contributed by atoms with van der Waals surface area (Å²) < 4.78 is 47.5. The molecule has 17 heteroatoms. The van der Waals surface area contributed by atoms with Crippen LogP contribution in [0.4, 0.5) is 24.5 Å². The Hall–Kier alpha value is -4.50. The van der Waals surface area contributed by atoms with Crippen LogP contribution in [0.5, 0.6) is 0 Å². The number of ether oxygens (including phenoxy) is 1. The van der Waals surface area contributed by atoms with Gasteiger partial charge in [-0.05, 0) is 102 Å². The van der Waals surface area contributed by atoms with Gasteiger partial charge >= 0.3 is 6.18 Å². The second-order valence-electron chi connectivity index (χ2n) is 15.6. The van der Waals surface area contributed by atoms with Crippen molar-refractivity contribution in [3.63, 3.8) is 0 Å². The third-order valence-electron chi connectivity index (χ3n) is 11.4. The number of carbonyl (C=O) groups excluding carboxylic acids is 4. The zero-order chi connectivity index (χ0) is 40.5. The summed E-state index contributed by atoms with van der Waals surface area (Å²) in [5, 5.41) is 14.6. The van der Waals surface area contributed by atoms with Gasteiger partial charge in [-0.3, -0.25) is 44.2 Å². The molecule has 6 rings (SSSR count). The molecule has 1 aliphatic carbocycles. The predicted octanol–water partition coefficient (Wildman–Crippen LogP) is 4.57. The summed E-state index contributed by atoms with van der Waals surface area (Å²) in [5.41, 5.74) is -1.62. The maximum absolute atomic E-state index is 13.7. The van der Waals surface area contributed by atoms with Crippen LogP contribution in [-0.4, -0.2) is 111 Å². The van der Waals surface area contributed by atoms with Crippen molar-refractivity contribution >= 4 is 52.3 Å². The Kier molecular flexibility index (Phi) is 12.1. The number of benzene rings is 1.